The Morgan fingerprint density at radius 3 is 2.33 bits per heavy atom. The minimum Gasteiger partial charge on any atom is -0.356 e. The molecule has 0 saturated heterocycles. The summed E-state index contributed by atoms with van der Waals surface area (Å²) in [5.74, 6) is -0.0717. The van der Waals surface area contributed by atoms with Gasteiger partial charge in [0.25, 0.3) is 0 Å². The van der Waals surface area contributed by atoms with E-state index in [0.29, 0.717) is 19.5 Å². The largest absolute Gasteiger partial charge is 0.356 e. The molecule has 0 heterocycles. The lowest BCUT2D eigenvalue weighted by molar-refractivity contribution is -0.121. The summed E-state index contributed by atoms with van der Waals surface area (Å²) >= 11 is 0. The number of carbonyl (C=O) groups excluding carboxylic acids is 2. The van der Waals surface area contributed by atoms with Crippen molar-refractivity contribution in [2.75, 3.05) is 38.6 Å². The van der Waals surface area contributed by atoms with Crippen molar-refractivity contribution in [3.05, 3.63) is 30.3 Å². The third-order valence-electron chi connectivity index (χ3n) is 3.11. The molecular weight excluding hydrogens is 266 g/mol. The van der Waals surface area contributed by atoms with Crippen LogP contribution in [0, 0.1) is 0 Å². The maximum atomic E-state index is 11.8. The van der Waals surface area contributed by atoms with Gasteiger partial charge in [0.15, 0.2) is 0 Å². The predicted molar refractivity (Wildman–Crippen MR) is 85.3 cm³/mol. The minimum atomic E-state index is -0.0541. The van der Waals surface area contributed by atoms with Gasteiger partial charge in [0, 0.05) is 32.1 Å². The van der Waals surface area contributed by atoms with Crippen LogP contribution in [-0.4, -0.2) is 50.4 Å². The van der Waals surface area contributed by atoms with E-state index in [2.05, 4.69) is 10.2 Å². The Morgan fingerprint density at radius 2 is 1.76 bits per heavy atom. The van der Waals surface area contributed by atoms with E-state index in [1.807, 2.05) is 44.4 Å². The lowest BCUT2D eigenvalue weighted by Crippen LogP contribution is -2.34. The maximum Gasteiger partial charge on any atom is 0.223 e. The van der Waals surface area contributed by atoms with Crippen LogP contribution >= 0.6 is 0 Å². The van der Waals surface area contributed by atoms with Crippen molar-refractivity contribution in [2.45, 2.75) is 19.8 Å². The van der Waals surface area contributed by atoms with E-state index < -0.39 is 0 Å². The summed E-state index contributed by atoms with van der Waals surface area (Å²) in [6.07, 6.45) is 1.24. The van der Waals surface area contributed by atoms with Crippen LogP contribution in [0.4, 0.5) is 5.69 Å². The summed E-state index contributed by atoms with van der Waals surface area (Å²) in [4.78, 5) is 27.2. The van der Waals surface area contributed by atoms with E-state index in [0.717, 1.165) is 18.7 Å². The molecule has 1 rings (SSSR count). The highest BCUT2D eigenvalue weighted by Gasteiger charge is 2.12. The first kappa shape index (κ1) is 17.2. The number of benzene rings is 1. The molecule has 0 atom stereocenters. The lowest BCUT2D eigenvalue weighted by Gasteiger charge is -2.20. The molecule has 0 bridgehead atoms. The molecule has 5 nitrogen and oxygen atoms in total. The molecule has 0 aliphatic carbocycles. The van der Waals surface area contributed by atoms with Gasteiger partial charge in [0.2, 0.25) is 11.8 Å². The molecule has 116 valence electrons. The quantitative estimate of drug-likeness (QED) is 0.739. The number of para-hydroxylation sites is 1. The molecule has 21 heavy (non-hydrogen) atoms. The second-order valence-corrected chi connectivity index (χ2v) is 5.26. The minimum absolute atomic E-state index is 0.0177. The average molecular weight is 291 g/mol. The molecule has 0 spiro atoms. The van der Waals surface area contributed by atoms with Gasteiger partial charge >= 0.3 is 0 Å². The van der Waals surface area contributed by atoms with Gasteiger partial charge in [-0.1, -0.05) is 18.2 Å². The fraction of sp³-hybridized carbons (Fsp3) is 0.500. The van der Waals surface area contributed by atoms with Gasteiger partial charge in [-0.05, 0) is 39.2 Å². The fourth-order valence-corrected chi connectivity index (χ4v) is 2.00. The molecule has 0 aromatic heterocycles. The topological polar surface area (TPSA) is 52.7 Å². The number of anilines is 1. The Kier molecular flexibility index (Phi) is 7.46. The van der Waals surface area contributed by atoms with Gasteiger partial charge in [-0.2, -0.15) is 0 Å². The van der Waals surface area contributed by atoms with Gasteiger partial charge in [-0.25, -0.2) is 0 Å². The highest BCUT2D eigenvalue weighted by atomic mass is 16.2. The molecule has 1 aromatic carbocycles. The second-order valence-electron chi connectivity index (χ2n) is 5.26. The van der Waals surface area contributed by atoms with Gasteiger partial charge in [0.1, 0.15) is 0 Å². The van der Waals surface area contributed by atoms with Crippen LogP contribution in [0.2, 0.25) is 0 Å². The van der Waals surface area contributed by atoms with Crippen molar-refractivity contribution in [2.24, 2.45) is 0 Å². The summed E-state index contributed by atoms with van der Waals surface area (Å²) in [7, 11) is 4.01. The van der Waals surface area contributed by atoms with Crippen molar-refractivity contribution < 1.29 is 9.59 Å². The molecule has 1 N–H and O–H groups in total. The van der Waals surface area contributed by atoms with E-state index in [1.165, 1.54) is 6.92 Å². The van der Waals surface area contributed by atoms with Crippen molar-refractivity contribution >= 4 is 17.5 Å². The highest BCUT2D eigenvalue weighted by molar-refractivity contribution is 5.92. The Bertz CT molecular complexity index is 446. The third kappa shape index (κ3) is 6.90. The van der Waals surface area contributed by atoms with Crippen LogP contribution in [0.5, 0.6) is 0 Å². The fourth-order valence-electron chi connectivity index (χ4n) is 2.00. The van der Waals surface area contributed by atoms with Gasteiger partial charge < -0.3 is 15.1 Å². The van der Waals surface area contributed by atoms with Crippen molar-refractivity contribution in [1.82, 2.24) is 10.2 Å². The normalized spacial score (nSPS) is 10.5. The first-order valence-corrected chi connectivity index (χ1v) is 7.25. The number of hydrogen-bond donors (Lipinski definition) is 1. The molecule has 0 unspecified atom stereocenters. The van der Waals surface area contributed by atoms with Gasteiger partial charge in [0.05, 0.1) is 0 Å². The zero-order valence-electron chi connectivity index (χ0n) is 13.1. The Hall–Kier alpha value is -1.88. The number of rotatable bonds is 8. The molecular formula is C16H25N3O2. The molecule has 0 fully saturated rings. The summed E-state index contributed by atoms with van der Waals surface area (Å²) in [5, 5.41) is 2.88. The zero-order valence-corrected chi connectivity index (χ0v) is 13.1. The monoisotopic (exact) mass is 291 g/mol. The third-order valence-corrected chi connectivity index (χ3v) is 3.11. The van der Waals surface area contributed by atoms with Crippen molar-refractivity contribution in [3.63, 3.8) is 0 Å². The van der Waals surface area contributed by atoms with Crippen molar-refractivity contribution in [1.29, 1.82) is 0 Å². The smallest absolute Gasteiger partial charge is 0.223 e. The molecule has 0 aliphatic rings. The van der Waals surface area contributed by atoms with E-state index in [4.69, 9.17) is 0 Å². The Morgan fingerprint density at radius 1 is 1.10 bits per heavy atom. The molecule has 0 saturated carbocycles. The van der Waals surface area contributed by atoms with Gasteiger partial charge in [-0.3, -0.25) is 9.59 Å². The van der Waals surface area contributed by atoms with Crippen molar-refractivity contribution in [3.8, 4) is 0 Å². The SMILES string of the molecule is CC(=O)N(CCC(=O)NCCCN(C)C)c1ccccc1. The van der Waals surface area contributed by atoms with Crippen LogP contribution in [0.15, 0.2) is 30.3 Å². The summed E-state index contributed by atoms with van der Waals surface area (Å²) in [6.45, 7) is 3.53. The number of nitrogens with zero attached hydrogens (tertiary/aromatic N) is 2. The number of amides is 2. The summed E-state index contributed by atoms with van der Waals surface area (Å²) in [6, 6.07) is 9.41. The highest BCUT2D eigenvalue weighted by Crippen LogP contribution is 2.13. The van der Waals surface area contributed by atoms with E-state index >= 15 is 0 Å². The van der Waals surface area contributed by atoms with Crippen LogP contribution in [0.25, 0.3) is 0 Å². The molecule has 1 aromatic rings. The maximum absolute atomic E-state index is 11.8. The molecule has 0 aliphatic heterocycles. The number of carbonyl (C=O) groups is 2. The van der Waals surface area contributed by atoms with E-state index in [1.54, 1.807) is 4.90 Å². The summed E-state index contributed by atoms with van der Waals surface area (Å²) < 4.78 is 0. The Labute approximate surface area is 126 Å². The summed E-state index contributed by atoms with van der Waals surface area (Å²) in [5.41, 5.74) is 0.824. The number of hydrogen-bond acceptors (Lipinski definition) is 3. The molecule has 0 radical (unpaired) electrons. The lowest BCUT2D eigenvalue weighted by atomic mass is 10.2. The van der Waals surface area contributed by atoms with Crippen LogP contribution < -0.4 is 10.2 Å². The Balaban J connectivity index is 2.37. The first-order chi connectivity index (χ1) is 10.0. The van der Waals surface area contributed by atoms with Crippen LogP contribution in [-0.2, 0) is 9.59 Å². The molecule has 2 amide bonds. The van der Waals surface area contributed by atoms with E-state index in [-0.39, 0.29) is 11.8 Å². The second kappa shape index (κ2) is 9.13. The number of nitrogens with one attached hydrogen (secondary N) is 1. The van der Waals surface area contributed by atoms with Gasteiger partial charge in [-0.15, -0.1) is 0 Å². The average Bonchev–Trinajstić information content (AvgIpc) is 2.44. The van der Waals surface area contributed by atoms with E-state index in [9.17, 15) is 9.59 Å². The predicted octanol–water partition coefficient (Wildman–Crippen LogP) is 1.50. The van der Waals surface area contributed by atoms with Crippen LogP contribution in [0.1, 0.15) is 19.8 Å². The molecule has 5 heteroatoms. The van der Waals surface area contributed by atoms with Crippen LogP contribution in [0.3, 0.4) is 0 Å². The first-order valence-electron chi connectivity index (χ1n) is 7.25. The zero-order chi connectivity index (χ0) is 15.7. The standard InChI is InChI=1S/C16H25N3O2/c1-14(20)19(15-8-5-4-6-9-15)13-10-16(21)17-11-7-12-18(2)3/h4-6,8-9H,7,10-13H2,1-3H3,(H,17,21).